The largest absolute Gasteiger partial charge is 0.370 e. The average Bonchev–Trinajstić information content (AvgIpc) is 3.43. The number of nitrogens with two attached hydrogens (primary N) is 1. The van der Waals surface area contributed by atoms with Gasteiger partial charge in [-0.3, -0.25) is 9.48 Å². The van der Waals surface area contributed by atoms with E-state index in [-0.39, 0.29) is 29.3 Å². The molecule has 0 atom stereocenters. The van der Waals surface area contributed by atoms with Gasteiger partial charge in [0.25, 0.3) is 5.91 Å². The van der Waals surface area contributed by atoms with Gasteiger partial charge in [-0.25, -0.2) is 17.2 Å². The second kappa shape index (κ2) is 8.28. The Kier molecular flexibility index (Phi) is 5.73. The van der Waals surface area contributed by atoms with Gasteiger partial charge in [0.05, 0.1) is 27.9 Å². The van der Waals surface area contributed by atoms with Crippen molar-refractivity contribution in [3.05, 3.63) is 29.5 Å². The predicted molar refractivity (Wildman–Crippen MR) is 130 cm³/mol. The quantitative estimate of drug-likeness (QED) is 0.644. The van der Waals surface area contributed by atoms with Crippen molar-refractivity contribution in [1.82, 2.24) is 9.78 Å². The first-order valence-corrected chi connectivity index (χ1v) is 14.1. The van der Waals surface area contributed by atoms with E-state index in [9.17, 15) is 22.0 Å². The number of sulfone groups is 1. The summed E-state index contributed by atoms with van der Waals surface area (Å²) in [7, 11) is -3.67. The third kappa shape index (κ3) is 4.57. The summed E-state index contributed by atoms with van der Waals surface area (Å²) in [5.41, 5.74) is 8.48. The minimum Gasteiger partial charge on any atom is -0.370 e. The van der Waals surface area contributed by atoms with Gasteiger partial charge in [0.2, 0.25) is 5.92 Å². The summed E-state index contributed by atoms with van der Waals surface area (Å²) >= 11 is 0. The molecule has 2 heterocycles. The molecule has 190 valence electrons. The Bertz CT molecular complexity index is 1260. The maximum Gasteiger partial charge on any atom is 0.250 e. The number of carbonyl (C=O) groups is 1. The summed E-state index contributed by atoms with van der Waals surface area (Å²) in [6, 6.07) is 4.53. The molecule has 0 bridgehead atoms. The molecule has 3 fully saturated rings. The van der Waals surface area contributed by atoms with Crippen LogP contribution in [0.1, 0.15) is 73.5 Å². The summed E-state index contributed by atoms with van der Waals surface area (Å²) in [4.78, 5) is 14.6. The van der Waals surface area contributed by atoms with Crippen molar-refractivity contribution < 1.29 is 22.0 Å². The van der Waals surface area contributed by atoms with Crippen LogP contribution < -0.4 is 10.6 Å². The maximum atomic E-state index is 13.7. The number of halogens is 2. The lowest BCUT2D eigenvalue weighted by Gasteiger charge is -2.36. The Morgan fingerprint density at radius 2 is 1.71 bits per heavy atom. The number of rotatable bonds is 5. The number of benzene rings is 1. The number of aryl methyl sites for hydroxylation is 1. The molecule has 1 spiro atoms. The van der Waals surface area contributed by atoms with E-state index in [1.807, 2.05) is 6.92 Å². The van der Waals surface area contributed by atoms with Gasteiger partial charge in [0.15, 0.2) is 9.84 Å². The lowest BCUT2D eigenvalue weighted by atomic mass is 9.92. The van der Waals surface area contributed by atoms with Crippen molar-refractivity contribution in [3.8, 4) is 11.3 Å². The van der Waals surface area contributed by atoms with E-state index in [0.717, 1.165) is 24.8 Å². The SMILES string of the molecule is Cc1cc(-c2c(S(C)(=O)=O)ccc(C(N)=O)c2N2CCC3(CC2)CC3)nn1C1CCC(F)(F)CC1. The number of primary amides is 1. The number of hydrogen-bond acceptors (Lipinski definition) is 5. The Hall–Kier alpha value is -2.49. The Morgan fingerprint density at radius 3 is 2.26 bits per heavy atom. The molecule has 1 saturated heterocycles. The third-order valence-corrected chi connectivity index (χ3v) is 9.25. The van der Waals surface area contributed by atoms with Crippen LogP contribution in [0.2, 0.25) is 0 Å². The van der Waals surface area contributed by atoms with E-state index in [4.69, 9.17) is 10.8 Å². The van der Waals surface area contributed by atoms with Crippen LogP contribution in [0.15, 0.2) is 23.1 Å². The molecule has 2 saturated carbocycles. The van der Waals surface area contributed by atoms with Crippen LogP contribution in [-0.2, 0) is 9.84 Å². The van der Waals surface area contributed by atoms with Gasteiger partial charge in [-0.15, -0.1) is 0 Å². The summed E-state index contributed by atoms with van der Waals surface area (Å²) in [6.07, 6.45) is 5.74. The first-order valence-electron chi connectivity index (χ1n) is 12.3. The topological polar surface area (TPSA) is 98.3 Å². The number of hydrogen-bond donors (Lipinski definition) is 1. The number of carbonyl (C=O) groups excluding carboxylic acids is 1. The number of nitrogens with zero attached hydrogens (tertiary/aromatic N) is 3. The van der Waals surface area contributed by atoms with Crippen LogP contribution in [-0.4, -0.2) is 49.4 Å². The summed E-state index contributed by atoms with van der Waals surface area (Å²) < 4.78 is 55.0. The Labute approximate surface area is 204 Å². The first kappa shape index (κ1) is 24.2. The second-order valence-electron chi connectivity index (χ2n) is 10.7. The predicted octanol–water partition coefficient (Wildman–Crippen LogP) is 4.49. The van der Waals surface area contributed by atoms with Crippen molar-refractivity contribution >= 4 is 21.4 Å². The van der Waals surface area contributed by atoms with E-state index in [1.165, 1.54) is 25.0 Å². The molecule has 0 radical (unpaired) electrons. The normalized spacial score (nSPS) is 21.9. The fraction of sp³-hybridized carbons (Fsp3) is 0.600. The highest BCUT2D eigenvalue weighted by molar-refractivity contribution is 7.90. The molecule has 7 nitrogen and oxygen atoms in total. The van der Waals surface area contributed by atoms with E-state index in [0.29, 0.717) is 48.3 Å². The molecule has 1 amide bonds. The van der Waals surface area contributed by atoms with E-state index in [1.54, 1.807) is 10.7 Å². The van der Waals surface area contributed by atoms with E-state index >= 15 is 0 Å². The minimum absolute atomic E-state index is 0.0871. The van der Waals surface area contributed by atoms with Crippen molar-refractivity contribution in [2.24, 2.45) is 11.1 Å². The molecule has 1 aliphatic heterocycles. The summed E-state index contributed by atoms with van der Waals surface area (Å²) in [5, 5.41) is 4.75. The lowest BCUT2D eigenvalue weighted by molar-refractivity contribution is -0.0451. The van der Waals surface area contributed by atoms with Crippen molar-refractivity contribution in [1.29, 1.82) is 0 Å². The van der Waals surface area contributed by atoms with Crippen LogP contribution in [0.3, 0.4) is 0 Å². The second-order valence-corrected chi connectivity index (χ2v) is 12.6. The zero-order valence-corrected chi connectivity index (χ0v) is 21.0. The van der Waals surface area contributed by atoms with Crippen LogP contribution in [0.5, 0.6) is 0 Å². The van der Waals surface area contributed by atoms with E-state index < -0.39 is 21.7 Å². The van der Waals surface area contributed by atoms with Crippen molar-refractivity contribution in [2.45, 2.75) is 75.2 Å². The van der Waals surface area contributed by atoms with Gasteiger partial charge < -0.3 is 10.6 Å². The monoisotopic (exact) mass is 506 g/mol. The molecule has 1 aromatic carbocycles. The van der Waals surface area contributed by atoms with Gasteiger partial charge in [-0.1, -0.05) is 0 Å². The molecule has 3 aliphatic rings. The standard InChI is InChI=1S/C25H32F2N4O3S/c1-16-15-19(29-31(16)17-5-7-25(26,27)8-6-17)21-20(35(2,33)34)4-3-18(23(28)32)22(21)30-13-11-24(9-10-24)12-14-30/h3-4,15,17H,5-14H2,1-2H3,(H2,28,32). The first-order chi connectivity index (χ1) is 16.4. The minimum atomic E-state index is -3.67. The molecular formula is C25H32F2N4O3S. The summed E-state index contributed by atoms with van der Waals surface area (Å²) in [5.74, 6) is -3.28. The molecule has 0 unspecified atom stereocenters. The summed E-state index contributed by atoms with van der Waals surface area (Å²) in [6.45, 7) is 3.26. The van der Waals surface area contributed by atoms with Gasteiger partial charge in [0.1, 0.15) is 0 Å². The Balaban J connectivity index is 1.63. The van der Waals surface area contributed by atoms with Crippen molar-refractivity contribution in [3.63, 3.8) is 0 Å². The van der Waals surface area contributed by atoms with Crippen LogP contribution >= 0.6 is 0 Å². The molecular weight excluding hydrogens is 474 g/mol. The maximum absolute atomic E-state index is 13.7. The van der Waals surface area contributed by atoms with Crippen molar-refractivity contribution in [2.75, 3.05) is 24.2 Å². The van der Waals surface area contributed by atoms with Crippen LogP contribution in [0.25, 0.3) is 11.3 Å². The zero-order valence-electron chi connectivity index (χ0n) is 20.2. The fourth-order valence-corrected chi connectivity index (χ4v) is 6.67. The number of amides is 1. The number of anilines is 1. The third-order valence-electron chi connectivity index (χ3n) is 8.11. The molecule has 1 aromatic heterocycles. The zero-order chi connectivity index (χ0) is 25.2. The average molecular weight is 507 g/mol. The lowest BCUT2D eigenvalue weighted by Crippen LogP contribution is -2.36. The number of piperidine rings is 1. The van der Waals surface area contributed by atoms with Gasteiger partial charge in [-0.05, 0) is 69.1 Å². The molecule has 35 heavy (non-hydrogen) atoms. The highest BCUT2D eigenvalue weighted by Gasteiger charge is 2.45. The van der Waals surface area contributed by atoms with Gasteiger partial charge >= 0.3 is 0 Å². The van der Waals surface area contributed by atoms with Crippen LogP contribution in [0, 0.1) is 12.3 Å². The highest BCUT2D eigenvalue weighted by atomic mass is 32.2. The fourth-order valence-electron chi connectivity index (χ4n) is 5.79. The van der Waals surface area contributed by atoms with Gasteiger partial charge in [0, 0.05) is 43.4 Å². The molecule has 5 rings (SSSR count). The van der Waals surface area contributed by atoms with E-state index in [2.05, 4.69) is 4.90 Å². The number of alkyl halides is 2. The highest BCUT2D eigenvalue weighted by Crippen LogP contribution is 2.54. The number of aromatic nitrogens is 2. The Morgan fingerprint density at radius 1 is 1.09 bits per heavy atom. The van der Waals surface area contributed by atoms with Gasteiger partial charge in [-0.2, -0.15) is 5.10 Å². The molecule has 10 heteroatoms. The molecule has 2 aromatic rings. The van der Waals surface area contributed by atoms with Crippen LogP contribution in [0.4, 0.5) is 14.5 Å². The smallest absolute Gasteiger partial charge is 0.250 e. The molecule has 2 N–H and O–H groups in total. The molecule has 2 aliphatic carbocycles.